The second kappa shape index (κ2) is 7.45. The zero-order valence-electron chi connectivity index (χ0n) is 10.4. The zero-order valence-corrected chi connectivity index (χ0v) is 10.4. The van der Waals surface area contributed by atoms with Gasteiger partial charge < -0.3 is 15.7 Å². The number of hydrogen-bond donors (Lipinski definition) is 3. The Hall–Kier alpha value is -1.88. The number of rotatable bonds is 7. The number of hydrogen-bond acceptors (Lipinski definition) is 3. The first kappa shape index (κ1) is 14.2. The molecule has 0 radical (unpaired) electrons. The van der Waals surface area contributed by atoms with Crippen molar-refractivity contribution in [3.63, 3.8) is 0 Å². The summed E-state index contributed by atoms with van der Waals surface area (Å²) >= 11 is 0. The highest BCUT2D eigenvalue weighted by Gasteiger charge is 2.08. The number of carboxylic acids is 1. The highest BCUT2D eigenvalue weighted by Crippen LogP contribution is 2.08. The average molecular weight is 250 g/mol. The summed E-state index contributed by atoms with van der Waals surface area (Å²) in [4.78, 5) is 22.1. The first-order valence-corrected chi connectivity index (χ1v) is 5.93. The summed E-state index contributed by atoms with van der Waals surface area (Å²) in [6.45, 7) is 3.47. The highest BCUT2D eigenvalue weighted by atomic mass is 16.4. The standard InChI is InChI=1S/C13H18N2O3/c1-2-15-12(16)7-8-14-9-10-5-3-4-6-11(10)13(17)18/h3-6,14H,2,7-9H2,1H3,(H,15,16)(H,17,18). The summed E-state index contributed by atoms with van der Waals surface area (Å²) < 4.78 is 0. The Morgan fingerprint density at radius 3 is 2.67 bits per heavy atom. The van der Waals surface area contributed by atoms with Gasteiger partial charge in [-0.3, -0.25) is 4.79 Å². The van der Waals surface area contributed by atoms with Crippen molar-refractivity contribution < 1.29 is 14.7 Å². The molecular formula is C13H18N2O3. The Kier molecular flexibility index (Phi) is 5.87. The zero-order chi connectivity index (χ0) is 13.4. The molecular weight excluding hydrogens is 232 g/mol. The molecule has 0 saturated heterocycles. The Labute approximate surface area is 106 Å². The minimum Gasteiger partial charge on any atom is -0.478 e. The first-order valence-electron chi connectivity index (χ1n) is 5.93. The summed E-state index contributed by atoms with van der Waals surface area (Å²) in [7, 11) is 0. The predicted octanol–water partition coefficient (Wildman–Crippen LogP) is 1.00. The topological polar surface area (TPSA) is 78.4 Å². The molecule has 3 N–H and O–H groups in total. The van der Waals surface area contributed by atoms with Gasteiger partial charge in [-0.05, 0) is 18.6 Å². The Morgan fingerprint density at radius 1 is 1.28 bits per heavy atom. The Morgan fingerprint density at radius 2 is 2.00 bits per heavy atom. The van der Waals surface area contributed by atoms with E-state index in [1.165, 1.54) is 0 Å². The monoisotopic (exact) mass is 250 g/mol. The maximum Gasteiger partial charge on any atom is 0.336 e. The van der Waals surface area contributed by atoms with E-state index in [1.807, 2.05) is 6.92 Å². The molecule has 0 saturated carbocycles. The van der Waals surface area contributed by atoms with Gasteiger partial charge in [0.15, 0.2) is 0 Å². The van der Waals surface area contributed by atoms with Gasteiger partial charge >= 0.3 is 5.97 Å². The summed E-state index contributed by atoms with van der Waals surface area (Å²) in [6.07, 6.45) is 0.392. The third-order valence-corrected chi connectivity index (χ3v) is 2.47. The van der Waals surface area contributed by atoms with Gasteiger partial charge in [-0.2, -0.15) is 0 Å². The van der Waals surface area contributed by atoms with Crippen molar-refractivity contribution in [1.29, 1.82) is 0 Å². The molecule has 1 amide bonds. The van der Waals surface area contributed by atoms with Crippen molar-refractivity contribution in [2.75, 3.05) is 13.1 Å². The van der Waals surface area contributed by atoms with E-state index in [9.17, 15) is 9.59 Å². The molecule has 1 rings (SSSR count). The number of benzene rings is 1. The van der Waals surface area contributed by atoms with Gasteiger partial charge in [0.1, 0.15) is 0 Å². The molecule has 0 spiro atoms. The van der Waals surface area contributed by atoms with Crippen molar-refractivity contribution >= 4 is 11.9 Å². The maximum atomic E-state index is 11.2. The second-order valence-corrected chi connectivity index (χ2v) is 3.84. The minimum absolute atomic E-state index is 0.00322. The summed E-state index contributed by atoms with van der Waals surface area (Å²) in [5.41, 5.74) is 1.02. The fourth-order valence-corrected chi connectivity index (χ4v) is 1.59. The number of carbonyl (C=O) groups excluding carboxylic acids is 1. The molecule has 5 nitrogen and oxygen atoms in total. The van der Waals surface area contributed by atoms with Crippen LogP contribution < -0.4 is 10.6 Å². The SMILES string of the molecule is CCNC(=O)CCNCc1ccccc1C(=O)O. The van der Waals surface area contributed by atoms with E-state index in [0.717, 1.165) is 5.56 Å². The average Bonchev–Trinajstić information content (AvgIpc) is 2.35. The van der Waals surface area contributed by atoms with E-state index in [-0.39, 0.29) is 5.91 Å². The van der Waals surface area contributed by atoms with E-state index in [4.69, 9.17) is 5.11 Å². The number of carbonyl (C=O) groups is 2. The molecule has 0 aromatic heterocycles. The Balaban J connectivity index is 2.40. The van der Waals surface area contributed by atoms with Crippen LogP contribution in [0.2, 0.25) is 0 Å². The van der Waals surface area contributed by atoms with Gasteiger partial charge in [0, 0.05) is 26.1 Å². The van der Waals surface area contributed by atoms with E-state index in [2.05, 4.69) is 10.6 Å². The van der Waals surface area contributed by atoms with Crippen molar-refractivity contribution in [2.45, 2.75) is 19.9 Å². The summed E-state index contributed by atoms with van der Waals surface area (Å²) in [5.74, 6) is -0.937. The fraction of sp³-hybridized carbons (Fsp3) is 0.385. The van der Waals surface area contributed by atoms with Crippen LogP contribution in [0.1, 0.15) is 29.3 Å². The third-order valence-electron chi connectivity index (χ3n) is 2.47. The van der Waals surface area contributed by atoms with Gasteiger partial charge in [0.2, 0.25) is 5.91 Å². The van der Waals surface area contributed by atoms with Crippen molar-refractivity contribution in [3.8, 4) is 0 Å². The van der Waals surface area contributed by atoms with Crippen LogP contribution in [-0.2, 0) is 11.3 Å². The first-order chi connectivity index (χ1) is 8.65. The van der Waals surface area contributed by atoms with Crippen LogP contribution in [0.5, 0.6) is 0 Å². The van der Waals surface area contributed by atoms with Crippen LogP contribution in [0.4, 0.5) is 0 Å². The van der Waals surface area contributed by atoms with Crippen molar-refractivity contribution in [1.82, 2.24) is 10.6 Å². The molecule has 0 aliphatic rings. The molecule has 0 atom stereocenters. The molecule has 0 unspecified atom stereocenters. The third kappa shape index (κ3) is 4.55. The largest absolute Gasteiger partial charge is 0.478 e. The predicted molar refractivity (Wildman–Crippen MR) is 68.4 cm³/mol. The Bertz CT molecular complexity index is 418. The summed E-state index contributed by atoms with van der Waals surface area (Å²) in [6, 6.07) is 6.83. The smallest absolute Gasteiger partial charge is 0.336 e. The normalized spacial score (nSPS) is 10.1. The minimum atomic E-state index is -0.934. The molecule has 0 aliphatic heterocycles. The lowest BCUT2D eigenvalue weighted by atomic mass is 10.1. The molecule has 5 heteroatoms. The van der Waals surface area contributed by atoms with Gasteiger partial charge in [-0.15, -0.1) is 0 Å². The van der Waals surface area contributed by atoms with Crippen LogP contribution in [0.3, 0.4) is 0 Å². The molecule has 0 fully saturated rings. The quantitative estimate of drug-likeness (QED) is 0.631. The highest BCUT2D eigenvalue weighted by molar-refractivity contribution is 5.89. The lowest BCUT2D eigenvalue weighted by Gasteiger charge is -2.07. The van der Waals surface area contributed by atoms with E-state index < -0.39 is 5.97 Å². The molecule has 98 valence electrons. The molecule has 0 aliphatic carbocycles. The summed E-state index contributed by atoms with van der Waals surface area (Å²) in [5, 5.41) is 14.8. The van der Waals surface area contributed by atoms with Crippen LogP contribution in [0, 0.1) is 0 Å². The maximum absolute atomic E-state index is 11.2. The van der Waals surface area contributed by atoms with Gasteiger partial charge in [-0.25, -0.2) is 4.79 Å². The number of carboxylic acid groups (broad SMARTS) is 1. The lowest BCUT2D eigenvalue weighted by Crippen LogP contribution is -2.27. The van der Waals surface area contributed by atoms with Gasteiger partial charge in [-0.1, -0.05) is 18.2 Å². The molecule has 1 aromatic rings. The van der Waals surface area contributed by atoms with Crippen LogP contribution >= 0.6 is 0 Å². The van der Waals surface area contributed by atoms with Crippen molar-refractivity contribution in [3.05, 3.63) is 35.4 Å². The van der Waals surface area contributed by atoms with Gasteiger partial charge in [0.05, 0.1) is 5.56 Å². The van der Waals surface area contributed by atoms with Crippen LogP contribution in [-0.4, -0.2) is 30.1 Å². The molecule has 0 bridgehead atoms. The molecule has 0 heterocycles. The van der Waals surface area contributed by atoms with E-state index >= 15 is 0 Å². The van der Waals surface area contributed by atoms with E-state index in [1.54, 1.807) is 24.3 Å². The second-order valence-electron chi connectivity index (χ2n) is 3.84. The van der Waals surface area contributed by atoms with E-state index in [0.29, 0.717) is 31.6 Å². The van der Waals surface area contributed by atoms with Crippen LogP contribution in [0.25, 0.3) is 0 Å². The van der Waals surface area contributed by atoms with Crippen molar-refractivity contribution in [2.24, 2.45) is 0 Å². The van der Waals surface area contributed by atoms with Crippen LogP contribution in [0.15, 0.2) is 24.3 Å². The number of aromatic carboxylic acids is 1. The molecule has 1 aromatic carbocycles. The van der Waals surface area contributed by atoms with Gasteiger partial charge in [0.25, 0.3) is 0 Å². The number of nitrogens with one attached hydrogen (secondary N) is 2. The molecule has 18 heavy (non-hydrogen) atoms. The fourth-order valence-electron chi connectivity index (χ4n) is 1.59. The number of amides is 1. The lowest BCUT2D eigenvalue weighted by molar-refractivity contribution is -0.120.